The molecule has 7 heteroatoms. The topological polar surface area (TPSA) is 53.0 Å². The minimum absolute atomic E-state index is 0.160. The number of nitrogens with zero attached hydrogens (tertiary/aromatic N) is 2. The van der Waals surface area contributed by atoms with Gasteiger partial charge >= 0.3 is 0 Å². The van der Waals surface area contributed by atoms with Gasteiger partial charge in [-0.05, 0) is 35.9 Å². The van der Waals surface area contributed by atoms with Crippen molar-refractivity contribution in [1.29, 1.82) is 0 Å². The number of fused-ring (bicyclic) bond motifs is 2. The Balaban J connectivity index is 1.44. The summed E-state index contributed by atoms with van der Waals surface area (Å²) in [7, 11) is 1.76. The molecule has 2 heterocycles. The molecule has 0 aromatic heterocycles. The van der Waals surface area contributed by atoms with Crippen LogP contribution in [-0.4, -0.2) is 53.1 Å². The Kier molecular flexibility index (Phi) is 5.06. The number of carbonyl (C=O) groups is 1. The predicted octanol–water partition coefficient (Wildman–Crippen LogP) is 4.05. The van der Waals surface area contributed by atoms with Gasteiger partial charge in [-0.3, -0.25) is 9.69 Å². The maximum absolute atomic E-state index is 14.3. The van der Waals surface area contributed by atoms with Gasteiger partial charge in [-0.15, -0.1) is 0 Å². The molecule has 2 atom stereocenters. The highest BCUT2D eigenvalue weighted by molar-refractivity contribution is 5.98. The van der Waals surface area contributed by atoms with E-state index in [0.717, 1.165) is 11.6 Å². The number of rotatable bonds is 3. The Labute approximate surface area is 184 Å². The highest BCUT2D eigenvalue weighted by Gasteiger charge is 2.42. The molecule has 164 valence electrons. The maximum atomic E-state index is 14.3. The summed E-state index contributed by atoms with van der Waals surface area (Å²) in [5.41, 5.74) is 1.99. The summed E-state index contributed by atoms with van der Waals surface area (Å²) in [6.07, 6.45) is -0.274. The molecular formula is C25H22F2N2O3. The number of halogens is 2. The first-order valence-electron chi connectivity index (χ1n) is 10.4. The van der Waals surface area contributed by atoms with E-state index in [4.69, 9.17) is 4.74 Å². The summed E-state index contributed by atoms with van der Waals surface area (Å²) >= 11 is 0. The predicted molar refractivity (Wildman–Crippen MR) is 115 cm³/mol. The van der Waals surface area contributed by atoms with Gasteiger partial charge in [-0.1, -0.05) is 24.3 Å². The Hall–Kier alpha value is -3.45. The molecule has 3 aromatic rings. The first-order valence-corrected chi connectivity index (χ1v) is 10.4. The summed E-state index contributed by atoms with van der Waals surface area (Å²) in [5.74, 6) is -0.855. The second kappa shape index (κ2) is 7.91. The third-order valence-corrected chi connectivity index (χ3v) is 6.25. The van der Waals surface area contributed by atoms with Gasteiger partial charge in [0.2, 0.25) is 0 Å². The normalized spacial score (nSPS) is 20.5. The molecule has 1 N–H and O–H groups in total. The number of hydrogen-bond acceptors (Lipinski definition) is 4. The van der Waals surface area contributed by atoms with Crippen LogP contribution in [0.15, 0.2) is 60.7 Å². The number of likely N-dealkylation sites (N-methyl/N-ethyl adjacent to an activating group) is 1. The second-order valence-corrected chi connectivity index (χ2v) is 8.30. The van der Waals surface area contributed by atoms with Crippen LogP contribution < -0.4 is 4.74 Å². The van der Waals surface area contributed by atoms with Gasteiger partial charge in [-0.25, -0.2) is 8.78 Å². The molecule has 2 aliphatic heterocycles. The zero-order chi connectivity index (χ0) is 22.4. The molecule has 5 nitrogen and oxygen atoms in total. The van der Waals surface area contributed by atoms with Crippen molar-refractivity contribution in [2.45, 2.75) is 18.7 Å². The quantitative estimate of drug-likeness (QED) is 0.673. The number of phenols is 1. The second-order valence-electron chi connectivity index (χ2n) is 8.30. The third-order valence-electron chi connectivity index (χ3n) is 6.25. The van der Waals surface area contributed by atoms with E-state index in [1.807, 2.05) is 12.1 Å². The lowest BCUT2D eigenvalue weighted by Crippen LogP contribution is -2.44. The fourth-order valence-corrected chi connectivity index (χ4v) is 4.53. The smallest absolute Gasteiger partial charge is 0.257 e. The Morgan fingerprint density at radius 3 is 2.59 bits per heavy atom. The minimum Gasteiger partial charge on any atom is -0.508 e. The van der Waals surface area contributed by atoms with Gasteiger partial charge in [-0.2, -0.15) is 0 Å². The zero-order valence-corrected chi connectivity index (χ0v) is 17.5. The number of hydrogen-bond donors (Lipinski definition) is 1. The largest absolute Gasteiger partial charge is 0.508 e. The number of benzene rings is 3. The van der Waals surface area contributed by atoms with E-state index in [0.29, 0.717) is 36.5 Å². The lowest BCUT2D eigenvalue weighted by molar-refractivity contribution is 0.0682. The van der Waals surface area contributed by atoms with E-state index in [-0.39, 0.29) is 29.4 Å². The molecule has 2 aliphatic rings. The fraction of sp³-hybridized carbons (Fsp3) is 0.240. The van der Waals surface area contributed by atoms with Gasteiger partial charge in [0.25, 0.3) is 5.91 Å². The fourth-order valence-electron chi connectivity index (χ4n) is 4.53. The van der Waals surface area contributed by atoms with Crippen LogP contribution in [0.4, 0.5) is 8.78 Å². The van der Waals surface area contributed by atoms with Crippen molar-refractivity contribution in [3.8, 4) is 22.6 Å². The SMILES string of the molecule is CN1C(=O)c2ccc(-c3ccc(F)cc3F)cc2O[C@H]2CN(Cc3ccccc3O)C[C@H]21. The van der Waals surface area contributed by atoms with Gasteiger partial charge in [0, 0.05) is 43.9 Å². The van der Waals surface area contributed by atoms with Crippen LogP contribution in [0.3, 0.4) is 0 Å². The molecule has 5 rings (SSSR count). The average Bonchev–Trinajstić information content (AvgIpc) is 3.12. The number of phenolic OH excluding ortho intramolecular Hbond substituents is 1. The van der Waals surface area contributed by atoms with Crippen molar-refractivity contribution in [2.24, 2.45) is 0 Å². The molecule has 0 radical (unpaired) electrons. The van der Waals surface area contributed by atoms with Crippen LogP contribution >= 0.6 is 0 Å². The average molecular weight is 436 g/mol. The van der Waals surface area contributed by atoms with Gasteiger partial charge in [0.1, 0.15) is 29.2 Å². The third kappa shape index (κ3) is 3.58. The van der Waals surface area contributed by atoms with Crippen molar-refractivity contribution >= 4 is 5.91 Å². The van der Waals surface area contributed by atoms with Gasteiger partial charge in [0.05, 0.1) is 11.6 Å². The van der Waals surface area contributed by atoms with Crippen molar-refractivity contribution in [3.63, 3.8) is 0 Å². The Bertz CT molecular complexity index is 1200. The van der Waals surface area contributed by atoms with Gasteiger partial charge < -0.3 is 14.7 Å². The molecule has 0 bridgehead atoms. The van der Waals surface area contributed by atoms with E-state index < -0.39 is 11.6 Å². The number of aromatic hydroxyl groups is 1. The molecule has 1 fully saturated rings. The standard InChI is InChI=1S/C25H22F2N2O3/c1-28-21-13-29(12-16-4-2-3-5-22(16)30)14-24(21)32-23-10-15(6-8-19(23)25(28)31)18-9-7-17(26)11-20(18)27/h2-11,21,24,30H,12-14H2,1H3/t21-,24+/m1/s1. The first kappa shape index (κ1) is 20.5. The van der Waals surface area contributed by atoms with E-state index in [1.54, 1.807) is 42.3 Å². The summed E-state index contributed by atoms with van der Waals surface area (Å²) < 4.78 is 33.9. The first-order chi connectivity index (χ1) is 15.4. The van der Waals surface area contributed by atoms with Crippen LogP contribution in [0, 0.1) is 11.6 Å². The maximum Gasteiger partial charge on any atom is 0.257 e. The molecule has 32 heavy (non-hydrogen) atoms. The molecule has 0 aliphatic carbocycles. The summed E-state index contributed by atoms with van der Waals surface area (Å²) in [4.78, 5) is 17.0. The van der Waals surface area contributed by atoms with Gasteiger partial charge in [0.15, 0.2) is 0 Å². The van der Waals surface area contributed by atoms with Crippen molar-refractivity contribution < 1.29 is 23.4 Å². The molecule has 0 spiro atoms. The minimum atomic E-state index is -0.672. The zero-order valence-electron chi connectivity index (χ0n) is 17.5. The Morgan fingerprint density at radius 2 is 1.81 bits per heavy atom. The summed E-state index contributed by atoms with van der Waals surface area (Å²) in [6.45, 7) is 1.72. The number of ether oxygens (including phenoxy) is 1. The Morgan fingerprint density at radius 1 is 1.03 bits per heavy atom. The van der Waals surface area contributed by atoms with Crippen LogP contribution in [0.25, 0.3) is 11.1 Å². The van der Waals surface area contributed by atoms with Crippen LogP contribution in [-0.2, 0) is 6.54 Å². The molecule has 1 saturated heterocycles. The monoisotopic (exact) mass is 436 g/mol. The number of para-hydroxylation sites is 1. The van der Waals surface area contributed by atoms with E-state index in [1.165, 1.54) is 12.1 Å². The van der Waals surface area contributed by atoms with Crippen LogP contribution in [0.1, 0.15) is 15.9 Å². The molecule has 0 saturated carbocycles. The van der Waals surface area contributed by atoms with E-state index in [9.17, 15) is 18.7 Å². The lowest BCUT2D eigenvalue weighted by Gasteiger charge is -2.25. The number of likely N-dealkylation sites (tertiary alicyclic amines) is 1. The highest BCUT2D eigenvalue weighted by atomic mass is 19.1. The molecule has 3 aromatic carbocycles. The van der Waals surface area contributed by atoms with E-state index in [2.05, 4.69) is 4.90 Å². The molecule has 0 unspecified atom stereocenters. The van der Waals surface area contributed by atoms with Crippen molar-refractivity contribution in [1.82, 2.24) is 9.80 Å². The lowest BCUT2D eigenvalue weighted by atomic mass is 10.0. The van der Waals surface area contributed by atoms with Crippen molar-refractivity contribution in [3.05, 3.63) is 83.4 Å². The van der Waals surface area contributed by atoms with E-state index >= 15 is 0 Å². The summed E-state index contributed by atoms with van der Waals surface area (Å²) in [5, 5.41) is 10.1. The van der Waals surface area contributed by atoms with Crippen molar-refractivity contribution in [2.75, 3.05) is 20.1 Å². The molecule has 1 amide bonds. The number of amides is 1. The molecular weight excluding hydrogens is 414 g/mol. The van der Waals surface area contributed by atoms with Crippen LogP contribution in [0.5, 0.6) is 11.5 Å². The number of carbonyl (C=O) groups excluding carboxylic acids is 1. The summed E-state index contributed by atoms with van der Waals surface area (Å²) in [6, 6.07) is 15.4. The highest BCUT2D eigenvalue weighted by Crippen LogP contribution is 2.35. The van der Waals surface area contributed by atoms with Crippen LogP contribution in [0.2, 0.25) is 0 Å².